The van der Waals surface area contributed by atoms with Crippen molar-refractivity contribution in [2.24, 2.45) is 0 Å². The van der Waals surface area contributed by atoms with Gasteiger partial charge in [-0.3, -0.25) is 4.98 Å². The molecule has 0 aliphatic heterocycles. The Morgan fingerprint density at radius 1 is 1.38 bits per heavy atom. The summed E-state index contributed by atoms with van der Waals surface area (Å²) in [5.74, 6) is -0.962. The van der Waals surface area contributed by atoms with Gasteiger partial charge in [0.1, 0.15) is 6.20 Å². The number of fused-ring (bicyclic) bond motifs is 1. The third-order valence-corrected chi connectivity index (χ3v) is 1.67. The molecule has 1 aromatic heterocycles. The van der Waals surface area contributed by atoms with Gasteiger partial charge in [-0.05, 0) is 18.2 Å². The molecule has 4 nitrogen and oxygen atoms in total. The molecule has 0 saturated carbocycles. The highest BCUT2D eigenvalue weighted by atomic mass is 16.4. The van der Waals surface area contributed by atoms with E-state index in [2.05, 4.69) is 16.2 Å². The maximum atomic E-state index is 10.6. The number of aromatic nitrogens is 2. The van der Waals surface area contributed by atoms with Crippen molar-refractivity contribution in [2.45, 2.75) is 0 Å². The van der Waals surface area contributed by atoms with E-state index < -0.39 is 5.97 Å². The second-order valence-electron chi connectivity index (χ2n) is 2.51. The predicted molar refractivity (Wildman–Crippen MR) is 45.3 cm³/mol. The van der Waals surface area contributed by atoms with Gasteiger partial charge in [0.05, 0.1) is 22.8 Å². The zero-order valence-corrected chi connectivity index (χ0v) is 6.56. The van der Waals surface area contributed by atoms with Gasteiger partial charge < -0.3 is 5.11 Å². The van der Waals surface area contributed by atoms with Crippen molar-refractivity contribution >= 4 is 17.0 Å². The van der Waals surface area contributed by atoms with E-state index in [-0.39, 0.29) is 5.56 Å². The minimum Gasteiger partial charge on any atom is -0.478 e. The molecule has 0 aliphatic carbocycles. The zero-order valence-electron chi connectivity index (χ0n) is 6.56. The average Bonchev–Trinajstić information content (AvgIpc) is 2.17. The molecule has 0 bridgehead atoms. The molecular weight excluding hydrogens is 168 g/mol. The molecule has 1 radical (unpaired) electrons. The van der Waals surface area contributed by atoms with E-state index in [9.17, 15) is 4.79 Å². The van der Waals surface area contributed by atoms with Crippen molar-refractivity contribution in [3.05, 3.63) is 36.2 Å². The Morgan fingerprint density at radius 3 is 3.00 bits per heavy atom. The largest absolute Gasteiger partial charge is 0.478 e. The average molecular weight is 173 g/mol. The SMILES string of the molecule is O=C(O)c1ccc2n[c]cnc2c1. The van der Waals surface area contributed by atoms with Crippen LogP contribution in [0.1, 0.15) is 10.4 Å². The summed E-state index contributed by atoms with van der Waals surface area (Å²) in [5.41, 5.74) is 1.43. The Morgan fingerprint density at radius 2 is 2.23 bits per heavy atom. The van der Waals surface area contributed by atoms with Gasteiger partial charge in [-0.1, -0.05) is 0 Å². The van der Waals surface area contributed by atoms with Crippen LogP contribution >= 0.6 is 0 Å². The van der Waals surface area contributed by atoms with Crippen molar-refractivity contribution < 1.29 is 9.90 Å². The van der Waals surface area contributed by atoms with Crippen LogP contribution in [0, 0.1) is 6.20 Å². The first-order chi connectivity index (χ1) is 6.27. The van der Waals surface area contributed by atoms with Crippen molar-refractivity contribution in [3.8, 4) is 0 Å². The molecule has 0 saturated heterocycles. The Labute approximate surface area is 73.9 Å². The Kier molecular flexibility index (Phi) is 1.66. The van der Waals surface area contributed by atoms with Gasteiger partial charge >= 0.3 is 5.97 Å². The quantitative estimate of drug-likeness (QED) is 0.702. The smallest absolute Gasteiger partial charge is 0.335 e. The summed E-state index contributed by atoms with van der Waals surface area (Å²) in [4.78, 5) is 18.4. The molecule has 0 unspecified atom stereocenters. The molecule has 1 heterocycles. The van der Waals surface area contributed by atoms with E-state index in [0.717, 1.165) is 0 Å². The monoisotopic (exact) mass is 173 g/mol. The highest BCUT2D eigenvalue weighted by Gasteiger charge is 2.03. The Hall–Kier alpha value is -1.97. The highest BCUT2D eigenvalue weighted by molar-refractivity contribution is 5.91. The Bertz CT molecular complexity index is 468. The summed E-state index contributed by atoms with van der Waals surface area (Å²) in [7, 11) is 0. The lowest BCUT2D eigenvalue weighted by Gasteiger charge is -1.96. The van der Waals surface area contributed by atoms with E-state index in [0.29, 0.717) is 11.0 Å². The van der Waals surface area contributed by atoms with Crippen molar-refractivity contribution in [1.82, 2.24) is 9.97 Å². The molecule has 4 heteroatoms. The number of carboxylic acids is 1. The first-order valence-corrected chi connectivity index (χ1v) is 3.63. The molecular formula is C9H5N2O2. The normalized spacial score (nSPS) is 10.2. The molecule has 63 valence electrons. The second kappa shape index (κ2) is 2.82. The van der Waals surface area contributed by atoms with Crippen LogP contribution in [0.2, 0.25) is 0 Å². The number of benzene rings is 1. The molecule has 0 spiro atoms. The first-order valence-electron chi connectivity index (χ1n) is 3.63. The van der Waals surface area contributed by atoms with Crippen LogP contribution in [0.4, 0.5) is 0 Å². The fraction of sp³-hybridized carbons (Fsp3) is 0. The summed E-state index contributed by atoms with van der Waals surface area (Å²) in [6, 6.07) is 4.59. The van der Waals surface area contributed by atoms with Crippen LogP contribution in [0.15, 0.2) is 24.4 Å². The number of aromatic carboxylic acids is 1. The minimum absolute atomic E-state index is 0.216. The summed E-state index contributed by atoms with van der Waals surface area (Å²) in [6.45, 7) is 0. The molecule has 2 rings (SSSR count). The molecule has 1 aromatic carbocycles. The number of nitrogens with zero attached hydrogens (tertiary/aromatic N) is 2. The molecule has 1 N–H and O–H groups in total. The number of rotatable bonds is 1. The van der Waals surface area contributed by atoms with E-state index in [4.69, 9.17) is 5.11 Å². The third kappa shape index (κ3) is 1.33. The third-order valence-electron chi connectivity index (χ3n) is 1.67. The van der Waals surface area contributed by atoms with Gasteiger partial charge in [-0.2, -0.15) is 0 Å². The minimum atomic E-state index is -0.962. The molecule has 0 fully saturated rings. The lowest BCUT2D eigenvalue weighted by molar-refractivity contribution is 0.0697. The first kappa shape index (κ1) is 7.67. The number of carbonyl (C=O) groups is 1. The maximum absolute atomic E-state index is 10.6. The number of carboxylic acid groups (broad SMARTS) is 1. The van der Waals surface area contributed by atoms with Crippen LogP contribution < -0.4 is 0 Å². The standard InChI is InChI=1S/C9H5N2O2/c12-9(13)6-1-2-7-8(5-6)11-4-3-10-7/h1-2,4-5H,(H,12,13). The summed E-state index contributed by atoms with van der Waals surface area (Å²) in [5, 5.41) is 8.69. The Balaban J connectivity index is 2.69. The van der Waals surface area contributed by atoms with Crippen LogP contribution in [-0.2, 0) is 0 Å². The predicted octanol–water partition coefficient (Wildman–Crippen LogP) is 1.13. The molecule has 0 amide bonds. The van der Waals surface area contributed by atoms with Crippen LogP contribution in [-0.4, -0.2) is 21.0 Å². The van der Waals surface area contributed by atoms with Gasteiger partial charge in [0.2, 0.25) is 0 Å². The molecule has 0 atom stereocenters. The fourth-order valence-electron chi connectivity index (χ4n) is 1.05. The summed E-state index contributed by atoms with van der Waals surface area (Å²) >= 11 is 0. The van der Waals surface area contributed by atoms with E-state index in [1.165, 1.54) is 18.3 Å². The van der Waals surface area contributed by atoms with E-state index in [1.54, 1.807) is 6.07 Å². The number of hydrogen-bond donors (Lipinski definition) is 1. The lowest BCUT2D eigenvalue weighted by Crippen LogP contribution is -1.96. The van der Waals surface area contributed by atoms with Gasteiger partial charge in [0.25, 0.3) is 0 Å². The molecule has 2 aromatic rings. The summed E-state index contributed by atoms with van der Waals surface area (Å²) in [6.07, 6.45) is 3.99. The highest BCUT2D eigenvalue weighted by Crippen LogP contribution is 2.10. The van der Waals surface area contributed by atoms with E-state index >= 15 is 0 Å². The topological polar surface area (TPSA) is 63.1 Å². The van der Waals surface area contributed by atoms with Gasteiger partial charge in [0, 0.05) is 0 Å². The van der Waals surface area contributed by atoms with E-state index in [1.807, 2.05) is 0 Å². The van der Waals surface area contributed by atoms with Crippen LogP contribution in [0.25, 0.3) is 11.0 Å². The van der Waals surface area contributed by atoms with Gasteiger partial charge in [0.15, 0.2) is 0 Å². The van der Waals surface area contributed by atoms with Gasteiger partial charge in [-0.25, -0.2) is 9.78 Å². The summed E-state index contributed by atoms with van der Waals surface area (Å²) < 4.78 is 0. The maximum Gasteiger partial charge on any atom is 0.335 e. The van der Waals surface area contributed by atoms with Crippen LogP contribution in [0.3, 0.4) is 0 Å². The van der Waals surface area contributed by atoms with Crippen molar-refractivity contribution in [1.29, 1.82) is 0 Å². The lowest BCUT2D eigenvalue weighted by atomic mass is 10.2. The molecule has 0 aliphatic rings. The van der Waals surface area contributed by atoms with Crippen molar-refractivity contribution in [3.63, 3.8) is 0 Å². The van der Waals surface area contributed by atoms with Crippen LogP contribution in [0.5, 0.6) is 0 Å². The van der Waals surface area contributed by atoms with Gasteiger partial charge in [-0.15, -0.1) is 0 Å². The zero-order chi connectivity index (χ0) is 9.26. The second-order valence-corrected chi connectivity index (χ2v) is 2.51. The van der Waals surface area contributed by atoms with Crippen molar-refractivity contribution in [2.75, 3.05) is 0 Å². The number of hydrogen-bond acceptors (Lipinski definition) is 3. The fourth-order valence-corrected chi connectivity index (χ4v) is 1.05. The molecule has 13 heavy (non-hydrogen) atoms.